The van der Waals surface area contributed by atoms with Gasteiger partial charge in [-0.1, -0.05) is 24.0 Å². The van der Waals surface area contributed by atoms with Crippen molar-refractivity contribution >= 4 is 10.0 Å². The quantitative estimate of drug-likeness (QED) is 0.869. The number of benzene rings is 1. The van der Waals surface area contributed by atoms with Gasteiger partial charge >= 0.3 is 0 Å². The van der Waals surface area contributed by atoms with E-state index in [4.69, 9.17) is 5.11 Å². The summed E-state index contributed by atoms with van der Waals surface area (Å²) in [7, 11) is -3.55. The molecule has 0 aromatic heterocycles. The van der Waals surface area contributed by atoms with Crippen LogP contribution in [-0.2, 0) is 10.0 Å². The highest BCUT2D eigenvalue weighted by molar-refractivity contribution is 7.89. The van der Waals surface area contributed by atoms with Crippen LogP contribution in [0.25, 0.3) is 0 Å². The number of hydrogen-bond acceptors (Lipinski definition) is 3. The normalized spacial score (nSPS) is 18.2. The standard InChI is InChI=1S/C16H21NO3S/c1-16(2)11-7-12-17(16)21(19,20)15-10-4-3-8-14(15)9-5-6-13-18/h3-4,8,10,18H,6-7,11-13H2,1-2H3. The Morgan fingerprint density at radius 1 is 1.33 bits per heavy atom. The Bertz CT molecular complexity index is 668. The molecule has 1 aromatic rings. The van der Waals surface area contributed by atoms with Crippen LogP contribution < -0.4 is 0 Å². The Kier molecular flexibility index (Phi) is 4.72. The molecule has 2 rings (SSSR count). The van der Waals surface area contributed by atoms with Crippen LogP contribution in [0.1, 0.15) is 38.7 Å². The Balaban J connectivity index is 2.44. The molecule has 1 aliphatic rings. The van der Waals surface area contributed by atoms with Crippen molar-refractivity contribution < 1.29 is 13.5 Å². The average Bonchev–Trinajstić information content (AvgIpc) is 2.80. The van der Waals surface area contributed by atoms with Crippen molar-refractivity contribution in [1.82, 2.24) is 4.31 Å². The molecule has 1 N–H and O–H groups in total. The Morgan fingerprint density at radius 3 is 2.67 bits per heavy atom. The highest BCUT2D eigenvalue weighted by Gasteiger charge is 2.41. The maximum Gasteiger partial charge on any atom is 0.244 e. The molecule has 1 heterocycles. The molecule has 114 valence electrons. The number of rotatable bonds is 3. The van der Waals surface area contributed by atoms with Crippen LogP contribution in [0.2, 0.25) is 0 Å². The van der Waals surface area contributed by atoms with Crippen LogP contribution in [0.4, 0.5) is 0 Å². The summed E-state index contributed by atoms with van der Waals surface area (Å²) in [6.45, 7) is 4.43. The lowest BCUT2D eigenvalue weighted by molar-refractivity contribution is 0.291. The van der Waals surface area contributed by atoms with Gasteiger partial charge in [0.25, 0.3) is 0 Å². The van der Waals surface area contributed by atoms with Crippen LogP contribution in [0.3, 0.4) is 0 Å². The summed E-state index contributed by atoms with van der Waals surface area (Å²) < 4.78 is 27.4. The smallest absolute Gasteiger partial charge is 0.244 e. The second-order valence-corrected chi connectivity index (χ2v) is 7.60. The molecular weight excluding hydrogens is 286 g/mol. The van der Waals surface area contributed by atoms with Crippen LogP contribution in [0, 0.1) is 11.8 Å². The third-order valence-electron chi connectivity index (χ3n) is 3.74. The van der Waals surface area contributed by atoms with Crippen molar-refractivity contribution in [2.75, 3.05) is 13.2 Å². The van der Waals surface area contributed by atoms with E-state index in [0.29, 0.717) is 18.5 Å². The van der Waals surface area contributed by atoms with Gasteiger partial charge < -0.3 is 5.11 Å². The molecule has 0 unspecified atom stereocenters. The molecule has 0 bridgehead atoms. The minimum Gasteiger partial charge on any atom is -0.395 e. The first kappa shape index (κ1) is 16.0. The van der Waals surface area contributed by atoms with Gasteiger partial charge in [-0.3, -0.25) is 0 Å². The first-order valence-corrected chi connectivity index (χ1v) is 8.55. The first-order valence-electron chi connectivity index (χ1n) is 7.11. The van der Waals surface area contributed by atoms with Crippen molar-refractivity contribution in [3.8, 4) is 11.8 Å². The number of hydrogen-bond donors (Lipinski definition) is 1. The minimum atomic E-state index is -3.55. The van der Waals surface area contributed by atoms with Crippen molar-refractivity contribution in [3.63, 3.8) is 0 Å². The van der Waals surface area contributed by atoms with Gasteiger partial charge in [0.2, 0.25) is 10.0 Å². The number of aliphatic hydroxyl groups excluding tert-OH is 1. The fraction of sp³-hybridized carbons (Fsp3) is 0.500. The first-order chi connectivity index (χ1) is 9.89. The highest BCUT2D eigenvalue weighted by atomic mass is 32.2. The summed E-state index contributed by atoms with van der Waals surface area (Å²) in [6.07, 6.45) is 2.08. The predicted molar refractivity (Wildman–Crippen MR) is 82.2 cm³/mol. The van der Waals surface area contributed by atoms with Crippen molar-refractivity contribution in [2.24, 2.45) is 0 Å². The fourth-order valence-electron chi connectivity index (χ4n) is 2.66. The van der Waals surface area contributed by atoms with E-state index in [-0.39, 0.29) is 17.0 Å². The van der Waals surface area contributed by atoms with Gasteiger partial charge in [-0.15, -0.1) is 0 Å². The largest absolute Gasteiger partial charge is 0.395 e. The third kappa shape index (κ3) is 3.29. The molecule has 0 radical (unpaired) electrons. The summed E-state index contributed by atoms with van der Waals surface area (Å²) in [5.74, 6) is 5.65. The van der Waals surface area contributed by atoms with E-state index in [1.165, 1.54) is 0 Å². The molecule has 0 aliphatic carbocycles. The second-order valence-electron chi connectivity index (χ2n) is 5.76. The fourth-order valence-corrected chi connectivity index (χ4v) is 4.65. The van der Waals surface area contributed by atoms with Gasteiger partial charge in [0.1, 0.15) is 0 Å². The maximum absolute atomic E-state index is 12.9. The average molecular weight is 307 g/mol. The zero-order valence-electron chi connectivity index (χ0n) is 12.5. The van der Waals surface area contributed by atoms with Crippen molar-refractivity contribution in [3.05, 3.63) is 29.8 Å². The predicted octanol–water partition coefficient (Wildman–Crippen LogP) is 1.98. The molecule has 5 heteroatoms. The molecule has 0 saturated carbocycles. The van der Waals surface area contributed by atoms with E-state index in [1.54, 1.807) is 28.6 Å². The van der Waals surface area contributed by atoms with Crippen LogP contribution in [0.15, 0.2) is 29.2 Å². The molecule has 0 spiro atoms. The zero-order chi connectivity index (χ0) is 15.5. The zero-order valence-corrected chi connectivity index (χ0v) is 13.3. The van der Waals surface area contributed by atoms with Crippen LogP contribution in [0.5, 0.6) is 0 Å². The molecular formula is C16H21NO3S. The molecule has 1 saturated heterocycles. The third-order valence-corrected chi connectivity index (χ3v) is 5.91. The molecule has 1 aromatic carbocycles. The van der Waals surface area contributed by atoms with Gasteiger partial charge in [0.05, 0.1) is 11.5 Å². The highest BCUT2D eigenvalue weighted by Crippen LogP contribution is 2.34. The SMILES string of the molecule is CC1(C)CCCN1S(=O)(=O)c1ccccc1C#CCCO. The van der Waals surface area contributed by atoms with Crippen molar-refractivity contribution in [2.45, 2.75) is 43.5 Å². The van der Waals surface area contributed by atoms with E-state index in [0.717, 1.165) is 12.8 Å². The van der Waals surface area contributed by atoms with Crippen molar-refractivity contribution in [1.29, 1.82) is 0 Å². The summed E-state index contributed by atoms with van der Waals surface area (Å²) in [4.78, 5) is 0.255. The van der Waals surface area contributed by atoms with Gasteiger partial charge in [-0.25, -0.2) is 8.42 Å². The maximum atomic E-state index is 12.9. The minimum absolute atomic E-state index is 0.0267. The number of sulfonamides is 1. The topological polar surface area (TPSA) is 57.6 Å². The van der Waals surface area contributed by atoms with Gasteiger partial charge in [-0.2, -0.15) is 4.31 Å². The summed E-state index contributed by atoms with van der Waals surface area (Å²) in [5, 5.41) is 8.79. The van der Waals surface area contributed by atoms with Crippen LogP contribution >= 0.6 is 0 Å². The lowest BCUT2D eigenvalue weighted by Crippen LogP contribution is -2.42. The Hall–Kier alpha value is -1.35. The van der Waals surface area contributed by atoms with E-state index in [1.807, 2.05) is 13.8 Å². The van der Waals surface area contributed by atoms with E-state index < -0.39 is 10.0 Å². The summed E-state index contributed by atoms with van der Waals surface area (Å²) in [6, 6.07) is 6.80. The summed E-state index contributed by atoms with van der Waals surface area (Å²) >= 11 is 0. The molecule has 0 atom stereocenters. The van der Waals surface area contributed by atoms with E-state index in [2.05, 4.69) is 11.8 Å². The van der Waals surface area contributed by atoms with Gasteiger partial charge in [-0.05, 0) is 38.8 Å². The van der Waals surface area contributed by atoms with E-state index >= 15 is 0 Å². The second kappa shape index (κ2) is 6.18. The molecule has 1 aliphatic heterocycles. The lowest BCUT2D eigenvalue weighted by Gasteiger charge is -2.30. The number of nitrogens with zero attached hydrogens (tertiary/aromatic N) is 1. The van der Waals surface area contributed by atoms with E-state index in [9.17, 15) is 8.42 Å². The monoisotopic (exact) mass is 307 g/mol. The molecule has 4 nitrogen and oxygen atoms in total. The Labute approximate surface area is 126 Å². The molecule has 21 heavy (non-hydrogen) atoms. The van der Waals surface area contributed by atoms with Crippen LogP contribution in [-0.4, -0.2) is 36.5 Å². The molecule has 0 amide bonds. The lowest BCUT2D eigenvalue weighted by atomic mass is 10.0. The Morgan fingerprint density at radius 2 is 2.05 bits per heavy atom. The molecule has 1 fully saturated rings. The van der Waals surface area contributed by atoms with Gasteiger partial charge in [0.15, 0.2) is 0 Å². The summed E-state index contributed by atoms with van der Waals surface area (Å²) in [5.41, 5.74) is 0.137. The number of aliphatic hydroxyl groups is 1. The van der Waals surface area contributed by atoms with Gasteiger partial charge in [0, 0.05) is 24.1 Å².